The number of thiophene rings is 1. The van der Waals surface area contributed by atoms with E-state index in [1.54, 1.807) is 23.0 Å². The first-order valence-corrected chi connectivity index (χ1v) is 10.2. The molecule has 2 aromatic rings. The van der Waals surface area contributed by atoms with Gasteiger partial charge in [-0.1, -0.05) is 6.07 Å². The Morgan fingerprint density at radius 1 is 1.31 bits per heavy atom. The van der Waals surface area contributed by atoms with Gasteiger partial charge in [-0.25, -0.2) is 9.48 Å². The van der Waals surface area contributed by atoms with Crippen LogP contribution in [0.15, 0.2) is 22.3 Å². The smallest absolute Gasteiger partial charge is 0.341 e. The summed E-state index contributed by atoms with van der Waals surface area (Å²) in [7, 11) is 1.67. The summed E-state index contributed by atoms with van der Waals surface area (Å²) < 4.78 is 3.05. The molecular weight excluding hydrogens is 350 g/mol. The third-order valence-corrected chi connectivity index (χ3v) is 6.27. The Morgan fingerprint density at radius 3 is 3.00 bits per heavy atom. The number of carbonyl (C=O) groups excluding carboxylic acids is 1. The molecule has 0 saturated carbocycles. The third-order valence-electron chi connectivity index (χ3n) is 5.41. The van der Waals surface area contributed by atoms with Crippen LogP contribution in [0.2, 0.25) is 0 Å². The molecule has 0 radical (unpaired) electrons. The van der Waals surface area contributed by atoms with E-state index in [0.29, 0.717) is 13.0 Å². The lowest BCUT2D eigenvalue weighted by atomic mass is 9.97. The first-order valence-electron chi connectivity index (χ1n) is 9.28. The average Bonchev–Trinajstić information content (AvgIpc) is 3.17. The Labute approximate surface area is 156 Å². The summed E-state index contributed by atoms with van der Waals surface area (Å²) in [6, 6.07) is 4.26. The maximum Gasteiger partial charge on any atom is 0.345 e. The topological polar surface area (TPSA) is 63.4 Å². The van der Waals surface area contributed by atoms with Crippen molar-refractivity contribution in [3.63, 3.8) is 0 Å². The quantitative estimate of drug-likeness (QED) is 0.801. The number of hydrogen-bond donors (Lipinski definition) is 0. The lowest BCUT2D eigenvalue weighted by Crippen LogP contribution is -2.43. The van der Waals surface area contributed by atoms with Crippen molar-refractivity contribution in [2.75, 3.05) is 26.2 Å². The highest BCUT2D eigenvalue weighted by molar-refractivity contribution is 7.09. The van der Waals surface area contributed by atoms with Gasteiger partial charge in [0.1, 0.15) is 5.82 Å². The average molecular weight is 375 g/mol. The molecule has 1 saturated heterocycles. The molecule has 1 unspecified atom stereocenters. The van der Waals surface area contributed by atoms with Crippen molar-refractivity contribution >= 4 is 17.2 Å². The van der Waals surface area contributed by atoms with Crippen LogP contribution in [0.5, 0.6) is 0 Å². The SMILES string of the molecule is Cn1nc2n(c1=O)CC(C(=O)N1CCCN(Cc3cccs3)CC1)CC2. The van der Waals surface area contributed by atoms with E-state index >= 15 is 0 Å². The number of fused-ring (bicyclic) bond motifs is 1. The number of hydrogen-bond acceptors (Lipinski definition) is 5. The van der Waals surface area contributed by atoms with Crippen molar-refractivity contribution in [1.82, 2.24) is 24.1 Å². The Bertz CT molecular complexity index is 825. The number of aryl methyl sites for hydroxylation is 2. The summed E-state index contributed by atoms with van der Waals surface area (Å²) >= 11 is 1.79. The zero-order valence-corrected chi connectivity index (χ0v) is 16.0. The van der Waals surface area contributed by atoms with E-state index in [9.17, 15) is 9.59 Å². The lowest BCUT2D eigenvalue weighted by molar-refractivity contribution is -0.136. The zero-order chi connectivity index (χ0) is 18.1. The van der Waals surface area contributed by atoms with Crippen LogP contribution in [0.3, 0.4) is 0 Å². The summed E-state index contributed by atoms with van der Waals surface area (Å²) in [4.78, 5) is 31.0. The Morgan fingerprint density at radius 2 is 2.19 bits per heavy atom. The van der Waals surface area contributed by atoms with Crippen LogP contribution in [0.25, 0.3) is 0 Å². The molecular formula is C18H25N5O2S. The van der Waals surface area contributed by atoms with Gasteiger partial charge >= 0.3 is 5.69 Å². The molecule has 2 aromatic heterocycles. The van der Waals surface area contributed by atoms with E-state index in [2.05, 4.69) is 27.5 Å². The van der Waals surface area contributed by atoms with Crippen molar-refractivity contribution < 1.29 is 4.79 Å². The van der Waals surface area contributed by atoms with Gasteiger partial charge in [0.25, 0.3) is 0 Å². The van der Waals surface area contributed by atoms with Crippen LogP contribution in [0, 0.1) is 5.92 Å². The molecule has 0 aliphatic carbocycles. The van der Waals surface area contributed by atoms with Gasteiger partial charge in [0, 0.05) is 57.6 Å². The molecule has 4 rings (SSSR count). The number of rotatable bonds is 3. The van der Waals surface area contributed by atoms with E-state index in [0.717, 1.165) is 51.4 Å². The highest BCUT2D eigenvalue weighted by Gasteiger charge is 2.31. The summed E-state index contributed by atoms with van der Waals surface area (Å²) in [5.41, 5.74) is -0.115. The summed E-state index contributed by atoms with van der Waals surface area (Å²) in [5, 5.41) is 6.37. The van der Waals surface area contributed by atoms with Gasteiger partial charge in [-0.15, -0.1) is 11.3 Å². The van der Waals surface area contributed by atoms with Crippen molar-refractivity contribution in [2.45, 2.75) is 32.4 Å². The predicted molar refractivity (Wildman–Crippen MR) is 100 cm³/mol. The molecule has 7 nitrogen and oxygen atoms in total. The molecule has 1 fully saturated rings. The first-order chi connectivity index (χ1) is 12.6. The van der Waals surface area contributed by atoms with Gasteiger partial charge in [-0.2, -0.15) is 5.10 Å². The van der Waals surface area contributed by atoms with Crippen molar-refractivity contribution in [1.29, 1.82) is 0 Å². The largest absolute Gasteiger partial charge is 0.345 e. The van der Waals surface area contributed by atoms with Gasteiger partial charge in [0.15, 0.2) is 0 Å². The molecule has 0 N–H and O–H groups in total. The summed E-state index contributed by atoms with van der Waals surface area (Å²) in [5.74, 6) is 0.900. The van der Waals surface area contributed by atoms with Gasteiger partial charge in [-0.3, -0.25) is 14.3 Å². The Balaban J connectivity index is 1.38. The molecule has 1 amide bonds. The number of amides is 1. The van der Waals surface area contributed by atoms with Crippen LogP contribution in [-0.2, 0) is 31.4 Å². The fourth-order valence-electron chi connectivity index (χ4n) is 3.97. The molecule has 2 aliphatic rings. The van der Waals surface area contributed by atoms with Gasteiger partial charge in [0.2, 0.25) is 5.91 Å². The van der Waals surface area contributed by atoms with Crippen LogP contribution in [0.1, 0.15) is 23.5 Å². The van der Waals surface area contributed by atoms with E-state index in [1.165, 1.54) is 9.56 Å². The number of aromatic nitrogens is 3. The monoisotopic (exact) mass is 375 g/mol. The molecule has 0 bridgehead atoms. The Kier molecular flexibility index (Phi) is 4.95. The predicted octanol–water partition coefficient (Wildman–Crippen LogP) is 0.940. The second-order valence-electron chi connectivity index (χ2n) is 7.20. The number of carbonyl (C=O) groups is 1. The van der Waals surface area contributed by atoms with Crippen molar-refractivity contribution in [3.8, 4) is 0 Å². The maximum absolute atomic E-state index is 13.0. The van der Waals surface area contributed by atoms with Gasteiger partial charge in [-0.05, 0) is 24.3 Å². The number of nitrogens with zero attached hydrogens (tertiary/aromatic N) is 5. The minimum atomic E-state index is -0.115. The maximum atomic E-state index is 13.0. The van der Waals surface area contributed by atoms with E-state index in [4.69, 9.17) is 0 Å². The summed E-state index contributed by atoms with van der Waals surface area (Å²) in [6.07, 6.45) is 2.48. The normalized spacial score (nSPS) is 21.4. The van der Waals surface area contributed by atoms with Crippen LogP contribution in [0.4, 0.5) is 0 Å². The molecule has 0 spiro atoms. The molecule has 2 aliphatic heterocycles. The second kappa shape index (κ2) is 7.36. The van der Waals surface area contributed by atoms with E-state index < -0.39 is 0 Å². The molecule has 1 atom stereocenters. The first kappa shape index (κ1) is 17.5. The minimum absolute atomic E-state index is 0.103. The zero-order valence-electron chi connectivity index (χ0n) is 15.1. The van der Waals surface area contributed by atoms with E-state index in [-0.39, 0.29) is 17.5 Å². The van der Waals surface area contributed by atoms with Crippen LogP contribution in [-0.4, -0.2) is 56.2 Å². The molecule has 0 aromatic carbocycles. The van der Waals surface area contributed by atoms with Crippen LogP contribution < -0.4 is 5.69 Å². The molecule has 4 heterocycles. The minimum Gasteiger partial charge on any atom is -0.341 e. The molecule has 140 valence electrons. The second-order valence-corrected chi connectivity index (χ2v) is 8.24. The highest BCUT2D eigenvalue weighted by atomic mass is 32.1. The fourth-order valence-corrected chi connectivity index (χ4v) is 4.72. The Hall–Kier alpha value is -1.93. The van der Waals surface area contributed by atoms with Crippen molar-refractivity contribution in [3.05, 3.63) is 38.7 Å². The van der Waals surface area contributed by atoms with Gasteiger partial charge in [0.05, 0.1) is 5.92 Å². The highest BCUT2D eigenvalue weighted by Crippen LogP contribution is 2.21. The van der Waals surface area contributed by atoms with Gasteiger partial charge < -0.3 is 4.90 Å². The molecule has 8 heteroatoms. The third kappa shape index (κ3) is 3.48. The lowest BCUT2D eigenvalue weighted by Gasteiger charge is -2.28. The van der Waals surface area contributed by atoms with Crippen LogP contribution >= 0.6 is 11.3 Å². The molecule has 26 heavy (non-hydrogen) atoms. The van der Waals surface area contributed by atoms with Crippen molar-refractivity contribution in [2.24, 2.45) is 13.0 Å². The van der Waals surface area contributed by atoms with E-state index in [1.807, 2.05) is 4.90 Å². The standard InChI is InChI=1S/C18H25N5O2S/c1-20-18(25)23-12-14(5-6-16(23)19-20)17(24)22-8-3-7-21(9-10-22)13-15-4-2-11-26-15/h2,4,11,14H,3,5-10,12-13H2,1H3. The fraction of sp³-hybridized carbons (Fsp3) is 0.611. The summed E-state index contributed by atoms with van der Waals surface area (Å²) in [6.45, 7) is 4.96.